The van der Waals surface area contributed by atoms with Crippen molar-refractivity contribution in [3.05, 3.63) is 29.6 Å². The molecule has 1 N–H and O–H groups in total. The summed E-state index contributed by atoms with van der Waals surface area (Å²) in [5.74, 6) is -3.18. The van der Waals surface area contributed by atoms with Crippen LogP contribution in [-0.4, -0.2) is 6.54 Å². The molecule has 1 rings (SSSR count). The van der Waals surface area contributed by atoms with Gasteiger partial charge in [-0.3, -0.25) is 0 Å². The fraction of sp³-hybridized carbons (Fsp3) is 0.417. The number of anilines is 1. The zero-order valence-electron chi connectivity index (χ0n) is 9.65. The largest absolute Gasteiger partial charge is 0.382 e. The molecule has 0 atom stereocenters. The second kappa shape index (κ2) is 5.09. The Morgan fingerprint density at radius 3 is 2.53 bits per heavy atom. The second-order valence-electron chi connectivity index (χ2n) is 4.42. The first-order valence-corrected chi connectivity index (χ1v) is 5.15. The third-order valence-corrected chi connectivity index (χ3v) is 2.36. The summed E-state index contributed by atoms with van der Waals surface area (Å²) in [6.07, 6.45) is 0.446. The molecule has 0 saturated heterocycles. The van der Waals surface area contributed by atoms with Crippen LogP contribution in [0.1, 0.15) is 20.3 Å². The van der Waals surface area contributed by atoms with Gasteiger partial charge in [0.15, 0.2) is 11.6 Å². The lowest BCUT2D eigenvalue weighted by molar-refractivity contribution is 0.464. The quantitative estimate of drug-likeness (QED) is 0.821. The minimum absolute atomic E-state index is 0.226. The van der Waals surface area contributed by atoms with Gasteiger partial charge < -0.3 is 5.32 Å². The molecule has 0 fully saturated rings. The van der Waals surface area contributed by atoms with E-state index in [1.54, 1.807) is 13.8 Å². The molecule has 17 heavy (non-hydrogen) atoms. The van der Waals surface area contributed by atoms with Crippen molar-refractivity contribution >= 4 is 5.69 Å². The summed E-state index contributed by atoms with van der Waals surface area (Å²) in [6.45, 7) is 3.73. The Bertz CT molecular complexity index is 450. The Morgan fingerprint density at radius 1 is 1.29 bits per heavy atom. The maximum Gasteiger partial charge on any atom is 0.182 e. The third-order valence-electron chi connectivity index (χ3n) is 2.36. The van der Waals surface area contributed by atoms with Gasteiger partial charge in [-0.05, 0) is 20.3 Å². The molecule has 1 aromatic rings. The molecule has 0 radical (unpaired) electrons. The van der Waals surface area contributed by atoms with Crippen molar-refractivity contribution in [2.24, 2.45) is 5.41 Å². The van der Waals surface area contributed by atoms with E-state index in [2.05, 4.69) is 11.4 Å². The van der Waals surface area contributed by atoms with Crippen molar-refractivity contribution < 1.29 is 13.2 Å². The number of nitrogens with zero attached hydrogens (tertiary/aromatic N) is 1. The van der Waals surface area contributed by atoms with Crippen LogP contribution in [0.4, 0.5) is 18.9 Å². The van der Waals surface area contributed by atoms with Gasteiger partial charge in [-0.1, -0.05) is 0 Å². The highest BCUT2D eigenvalue weighted by atomic mass is 19.2. The Labute approximate surface area is 98.1 Å². The zero-order valence-corrected chi connectivity index (χ0v) is 9.65. The summed E-state index contributed by atoms with van der Waals surface area (Å²) in [4.78, 5) is 0. The van der Waals surface area contributed by atoms with Crippen LogP contribution in [0.2, 0.25) is 0 Å². The normalized spacial score (nSPS) is 11.1. The average molecular weight is 242 g/mol. The lowest BCUT2D eigenvalue weighted by Gasteiger charge is -2.16. The van der Waals surface area contributed by atoms with Gasteiger partial charge in [0, 0.05) is 18.7 Å². The first kappa shape index (κ1) is 13.4. The number of nitrogens with one attached hydrogen (secondary N) is 1. The van der Waals surface area contributed by atoms with Crippen LogP contribution in [0.25, 0.3) is 0 Å². The zero-order chi connectivity index (χ0) is 13.1. The maximum atomic E-state index is 13.2. The van der Waals surface area contributed by atoms with Gasteiger partial charge >= 0.3 is 0 Å². The van der Waals surface area contributed by atoms with Crippen molar-refractivity contribution in [2.75, 3.05) is 11.9 Å². The Kier molecular flexibility index (Phi) is 4.00. The molecule has 0 bridgehead atoms. The predicted molar refractivity (Wildman–Crippen MR) is 58.8 cm³/mol. The summed E-state index contributed by atoms with van der Waals surface area (Å²) in [5, 5.41) is 11.3. The lowest BCUT2D eigenvalue weighted by Crippen LogP contribution is -2.15. The van der Waals surface area contributed by atoms with Crippen molar-refractivity contribution in [1.29, 1.82) is 5.26 Å². The van der Waals surface area contributed by atoms with Gasteiger partial charge in [0.05, 0.1) is 17.2 Å². The van der Waals surface area contributed by atoms with Crippen LogP contribution in [0.15, 0.2) is 12.1 Å². The molecule has 92 valence electrons. The number of hydrogen-bond acceptors (Lipinski definition) is 2. The molecular weight excluding hydrogens is 229 g/mol. The first-order chi connectivity index (χ1) is 7.85. The summed E-state index contributed by atoms with van der Waals surface area (Å²) in [5.41, 5.74) is -0.786. The van der Waals surface area contributed by atoms with Crippen LogP contribution < -0.4 is 5.32 Å². The Hall–Kier alpha value is -1.70. The van der Waals surface area contributed by atoms with Gasteiger partial charge in [-0.15, -0.1) is 0 Å². The number of hydrogen-bond donors (Lipinski definition) is 1. The Balaban J connectivity index is 2.68. The predicted octanol–water partition coefficient (Wildman–Crippen LogP) is 3.46. The van der Waals surface area contributed by atoms with Crippen LogP contribution in [0.3, 0.4) is 0 Å². The van der Waals surface area contributed by atoms with E-state index in [4.69, 9.17) is 5.26 Å². The van der Waals surface area contributed by atoms with E-state index >= 15 is 0 Å². The van der Waals surface area contributed by atoms with Crippen molar-refractivity contribution in [2.45, 2.75) is 20.3 Å². The molecule has 0 amide bonds. The highest BCUT2D eigenvalue weighted by Gasteiger charge is 2.17. The van der Waals surface area contributed by atoms with E-state index in [-0.39, 0.29) is 12.2 Å². The number of benzene rings is 1. The molecule has 5 heteroatoms. The van der Waals surface area contributed by atoms with Crippen molar-refractivity contribution in [1.82, 2.24) is 0 Å². The molecule has 0 heterocycles. The molecule has 0 saturated carbocycles. The van der Waals surface area contributed by atoms with Crippen molar-refractivity contribution in [3.63, 3.8) is 0 Å². The molecular formula is C12H13F3N2. The molecule has 2 nitrogen and oxygen atoms in total. The topological polar surface area (TPSA) is 35.8 Å². The van der Waals surface area contributed by atoms with Crippen LogP contribution >= 0.6 is 0 Å². The SMILES string of the molecule is CC(C)(C#N)CCNc1cc(F)cc(F)c1F. The molecule has 0 spiro atoms. The van der Waals surface area contributed by atoms with Gasteiger partial charge in [-0.25, -0.2) is 13.2 Å². The molecule has 0 aromatic heterocycles. The van der Waals surface area contributed by atoms with E-state index in [1.165, 1.54) is 0 Å². The van der Waals surface area contributed by atoms with Crippen LogP contribution in [-0.2, 0) is 0 Å². The number of nitriles is 1. The van der Waals surface area contributed by atoms with Gasteiger partial charge in [0.25, 0.3) is 0 Å². The minimum Gasteiger partial charge on any atom is -0.382 e. The molecule has 0 aliphatic rings. The fourth-order valence-corrected chi connectivity index (χ4v) is 1.25. The smallest absolute Gasteiger partial charge is 0.182 e. The van der Waals surface area contributed by atoms with E-state index < -0.39 is 22.9 Å². The van der Waals surface area contributed by atoms with Crippen molar-refractivity contribution in [3.8, 4) is 6.07 Å². The van der Waals surface area contributed by atoms with Gasteiger partial charge in [0.2, 0.25) is 0 Å². The third kappa shape index (κ3) is 3.66. The van der Waals surface area contributed by atoms with Gasteiger partial charge in [0.1, 0.15) is 5.82 Å². The van der Waals surface area contributed by atoms with E-state index in [0.29, 0.717) is 12.5 Å². The average Bonchev–Trinajstić information content (AvgIpc) is 2.24. The molecule has 1 aromatic carbocycles. The molecule has 0 unspecified atom stereocenters. The van der Waals surface area contributed by atoms with E-state index in [9.17, 15) is 13.2 Å². The Morgan fingerprint density at radius 2 is 1.94 bits per heavy atom. The first-order valence-electron chi connectivity index (χ1n) is 5.15. The van der Waals surface area contributed by atoms with E-state index in [0.717, 1.165) is 6.07 Å². The lowest BCUT2D eigenvalue weighted by atomic mass is 9.91. The second-order valence-corrected chi connectivity index (χ2v) is 4.42. The summed E-state index contributed by atoms with van der Waals surface area (Å²) in [7, 11) is 0. The minimum atomic E-state index is -1.23. The summed E-state index contributed by atoms with van der Waals surface area (Å²) in [6, 6.07) is 3.46. The highest BCUT2D eigenvalue weighted by Crippen LogP contribution is 2.22. The monoisotopic (exact) mass is 242 g/mol. The maximum absolute atomic E-state index is 13.2. The molecule has 0 aliphatic heterocycles. The summed E-state index contributed by atoms with van der Waals surface area (Å²) >= 11 is 0. The van der Waals surface area contributed by atoms with Gasteiger partial charge in [-0.2, -0.15) is 5.26 Å². The fourth-order valence-electron chi connectivity index (χ4n) is 1.25. The number of rotatable bonds is 4. The standard InChI is InChI=1S/C12H13F3N2/c1-12(2,7-16)3-4-17-10-6-8(13)5-9(14)11(10)15/h5-6,17H,3-4H2,1-2H3. The van der Waals surface area contributed by atoms with E-state index in [1.807, 2.05) is 0 Å². The highest BCUT2D eigenvalue weighted by molar-refractivity contribution is 5.45. The summed E-state index contributed by atoms with van der Waals surface area (Å²) < 4.78 is 38.9. The molecule has 0 aliphatic carbocycles. The number of halogens is 3. The van der Waals surface area contributed by atoms with Crippen LogP contribution in [0, 0.1) is 34.2 Å². The van der Waals surface area contributed by atoms with Crippen LogP contribution in [0.5, 0.6) is 0 Å².